The third-order valence-electron chi connectivity index (χ3n) is 7.56. The van der Waals surface area contributed by atoms with Crippen LogP contribution >= 0.6 is 27.7 Å². The fourth-order valence-electron chi connectivity index (χ4n) is 5.45. The Morgan fingerprint density at radius 3 is 2.47 bits per heavy atom. The van der Waals surface area contributed by atoms with E-state index in [9.17, 15) is 9.18 Å². The zero-order valence-electron chi connectivity index (χ0n) is 21.8. The van der Waals surface area contributed by atoms with E-state index < -0.39 is 0 Å². The average molecular weight is 602 g/mol. The van der Waals surface area contributed by atoms with Gasteiger partial charge in [0.25, 0.3) is 5.91 Å². The zero-order chi connectivity index (χ0) is 26.5. The highest BCUT2D eigenvalue weighted by Crippen LogP contribution is 2.41. The Morgan fingerprint density at radius 2 is 1.76 bits per heavy atom. The highest BCUT2D eigenvalue weighted by molar-refractivity contribution is 9.10. The van der Waals surface area contributed by atoms with Crippen LogP contribution in [0.2, 0.25) is 0 Å². The first-order valence-electron chi connectivity index (χ1n) is 13.6. The van der Waals surface area contributed by atoms with Crippen LogP contribution < -0.4 is 9.47 Å². The third-order valence-corrected chi connectivity index (χ3v) is 9.24. The number of amides is 1. The van der Waals surface area contributed by atoms with E-state index in [0.29, 0.717) is 28.0 Å². The normalized spacial score (nSPS) is 21.4. The monoisotopic (exact) mass is 600 g/mol. The van der Waals surface area contributed by atoms with Crippen molar-refractivity contribution in [1.29, 1.82) is 0 Å². The molecule has 5 nitrogen and oxygen atoms in total. The summed E-state index contributed by atoms with van der Waals surface area (Å²) < 4.78 is 26.3. The van der Waals surface area contributed by atoms with E-state index in [1.54, 1.807) is 25.3 Å². The lowest BCUT2D eigenvalue weighted by Gasteiger charge is -2.31. The molecule has 2 saturated carbocycles. The van der Waals surface area contributed by atoms with Crippen molar-refractivity contribution < 1.29 is 18.7 Å². The average Bonchev–Trinajstić information content (AvgIpc) is 3.24. The van der Waals surface area contributed by atoms with E-state index in [1.807, 2.05) is 23.1 Å². The molecular weight excluding hydrogens is 567 g/mol. The Kier molecular flexibility index (Phi) is 9.10. The number of halogens is 2. The van der Waals surface area contributed by atoms with Gasteiger partial charge in [-0.3, -0.25) is 14.7 Å². The molecule has 1 saturated heterocycles. The maximum absolute atomic E-state index is 14.1. The predicted octanol–water partition coefficient (Wildman–Crippen LogP) is 8.11. The summed E-state index contributed by atoms with van der Waals surface area (Å²) in [7, 11) is 1.57. The molecule has 2 aromatic carbocycles. The maximum Gasteiger partial charge on any atom is 0.267 e. The summed E-state index contributed by atoms with van der Waals surface area (Å²) in [5.41, 5.74) is 1.29. The number of benzene rings is 2. The summed E-state index contributed by atoms with van der Waals surface area (Å²) in [5, 5.41) is 0.868. The van der Waals surface area contributed by atoms with E-state index in [1.165, 1.54) is 43.5 Å². The van der Waals surface area contributed by atoms with Crippen LogP contribution in [-0.2, 0) is 11.4 Å². The number of ether oxygens (including phenoxy) is 2. The minimum Gasteiger partial charge on any atom is -0.493 e. The zero-order valence-corrected chi connectivity index (χ0v) is 24.2. The molecule has 0 radical (unpaired) electrons. The summed E-state index contributed by atoms with van der Waals surface area (Å²) in [5.74, 6) is 0.754. The van der Waals surface area contributed by atoms with Gasteiger partial charge in [-0.25, -0.2) is 4.39 Å². The predicted molar refractivity (Wildman–Crippen MR) is 155 cm³/mol. The molecule has 5 rings (SSSR count). The molecular formula is C30H34BrFN2O3S. The number of methoxy groups -OCH3 is 1. The molecule has 0 N–H and O–H groups in total. The van der Waals surface area contributed by atoms with Crippen molar-refractivity contribution >= 4 is 44.8 Å². The van der Waals surface area contributed by atoms with Crippen LogP contribution in [0.5, 0.6) is 11.5 Å². The maximum atomic E-state index is 14.1. The minimum atomic E-state index is -0.308. The molecule has 1 amide bonds. The number of thioether (sulfide) groups is 1. The van der Waals surface area contributed by atoms with Crippen LogP contribution in [0.25, 0.3) is 6.08 Å². The molecule has 0 aromatic heterocycles. The van der Waals surface area contributed by atoms with Crippen molar-refractivity contribution in [3.05, 3.63) is 62.7 Å². The fraction of sp³-hybridized carbons (Fsp3) is 0.467. The Labute approximate surface area is 237 Å². The molecule has 0 atom stereocenters. The van der Waals surface area contributed by atoms with E-state index in [0.717, 1.165) is 53.7 Å². The highest BCUT2D eigenvalue weighted by Gasteiger charge is 2.39. The summed E-state index contributed by atoms with van der Waals surface area (Å²) in [6.07, 6.45) is 13.5. The lowest BCUT2D eigenvalue weighted by Crippen LogP contribution is -2.41. The quantitative estimate of drug-likeness (QED) is 0.301. The Bertz CT molecular complexity index is 1220. The third kappa shape index (κ3) is 6.28. The Morgan fingerprint density at radius 1 is 1.05 bits per heavy atom. The van der Waals surface area contributed by atoms with Gasteiger partial charge >= 0.3 is 0 Å². The number of aliphatic imine (C=N–C) groups is 1. The molecule has 1 heterocycles. The van der Waals surface area contributed by atoms with E-state index >= 15 is 0 Å². The summed E-state index contributed by atoms with van der Waals surface area (Å²) in [4.78, 5) is 21.5. The van der Waals surface area contributed by atoms with Gasteiger partial charge in [0.1, 0.15) is 12.4 Å². The first-order chi connectivity index (χ1) is 18.5. The van der Waals surface area contributed by atoms with Gasteiger partial charge in [0.05, 0.1) is 18.1 Å². The van der Waals surface area contributed by atoms with Crippen LogP contribution in [0.3, 0.4) is 0 Å². The van der Waals surface area contributed by atoms with Gasteiger partial charge < -0.3 is 9.47 Å². The van der Waals surface area contributed by atoms with Crippen LogP contribution in [-0.4, -0.2) is 35.2 Å². The standard InChI is InChI=1S/C30H34BrFN2O3S/c1-36-26-16-21(24(31)18-27(26)37-19-20-10-8-9-15-25(20)32)17-28-29(35)34(23-13-6-3-7-14-23)30(38-28)33-22-11-4-2-5-12-22/h8-10,15-18,22-23H,2-7,11-14,19H2,1H3. The molecule has 2 aliphatic carbocycles. The molecule has 0 bridgehead atoms. The Balaban J connectivity index is 1.41. The van der Waals surface area contributed by atoms with Crippen molar-refractivity contribution in [3.63, 3.8) is 0 Å². The Hall–Kier alpha value is -2.32. The van der Waals surface area contributed by atoms with Gasteiger partial charge in [0.2, 0.25) is 0 Å². The van der Waals surface area contributed by atoms with Crippen molar-refractivity contribution in [2.45, 2.75) is 82.9 Å². The van der Waals surface area contributed by atoms with Gasteiger partial charge in [0, 0.05) is 16.1 Å². The molecule has 0 spiro atoms. The van der Waals surface area contributed by atoms with E-state index in [4.69, 9.17) is 14.5 Å². The van der Waals surface area contributed by atoms with Crippen LogP contribution in [0, 0.1) is 5.82 Å². The first-order valence-corrected chi connectivity index (χ1v) is 15.2. The topological polar surface area (TPSA) is 51.1 Å². The van der Waals surface area contributed by atoms with Crippen molar-refractivity contribution in [1.82, 2.24) is 4.90 Å². The van der Waals surface area contributed by atoms with Gasteiger partial charge in [-0.1, -0.05) is 72.7 Å². The molecule has 1 aliphatic heterocycles. The van der Waals surface area contributed by atoms with Crippen LogP contribution in [0.15, 0.2) is 50.8 Å². The van der Waals surface area contributed by atoms with Gasteiger partial charge in [-0.05, 0) is 67.3 Å². The second kappa shape index (κ2) is 12.7. The molecule has 0 unspecified atom stereocenters. The summed E-state index contributed by atoms with van der Waals surface area (Å²) in [6.45, 7) is 0.0849. The number of carbonyl (C=O) groups excluding carboxylic acids is 1. The van der Waals surface area contributed by atoms with Gasteiger partial charge in [-0.2, -0.15) is 0 Å². The van der Waals surface area contributed by atoms with Gasteiger partial charge in [-0.15, -0.1) is 0 Å². The smallest absolute Gasteiger partial charge is 0.267 e. The second-order valence-corrected chi connectivity index (χ2v) is 12.0. The van der Waals surface area contributed by atoms with E-state index in [-0.39, 0.29) is 24.4 Å². The number of carbonyl (C=O) groups is 1. The van der Waals surface area contributed by atoms with Crippen molar-refractivity contribution in [3.8, 4) is 11.5 Å². The number of hydrogen-bond donors (Lipinski definition) is 0. The molecule has 202 valence electrons. The molecule has 8 heteroatoms. The largest absolute Gasteiger partial charge is 0.493 e. The number of rotatable bonds is 7. The molecule has 3 aliphatic rings. The number of nitrogens with zero attached hydrogens (tertiary/aromatic N) is 2. The molecule has 38 heavy (non-hydrogen) atoms. The summed E-state index contributed by atoms with van der Waals surface area (Å²) >= 11 is 5.14. The SMILES string of the molecule is COc1cc(C=C2SC(=NC3CCCCC3)N(C3CCCCC3)C2=O)c(Br)cc1OCc1ccccc1F. The van der Waals surface area contributed by atoms with Crippen LogP contribution in [0.4, 0.5) is 4.39 Å². The number of amidine groups is 1. The second-order valence-electron chi connectivity index (χ2n) is 10.2. The number of hydrogen-bond acceptors (Lipinski definition) is 5. The fourth-order valence-corrected chi connectivity index (χ4v) is 6.99. The minimum absolute atomic E-state index is 0.0437. The molecule has 3 fully saturated rings. The highest BCUT2D eigenvalue weighted by atomic mass is 79.9. The van der Waals surface area contributed by atoms with Crippen molar-refractivity contribution in [2.75, 3.05) is 7.11 Å². The van der Waals surface area contributed by atoms with E-state index in [2.05, 4.69) is 15.9 Å². The lowest BCUT2D eigenvalue weighted by atomic mass is 9.94. The van der Waals surface area contributed by atoms with Gasteiger partial charge in [0.15, 0.2) is 16.7 Å². The summed E-state index contributed by atoms with van der Waals surface area (Å²) in [6, 6.07) is 10.7. The molecule has 2 aromatic rings. The van der Waals surface area contributed by atoms with Crippen molar-refractivity contribution in [2.24, 2.45) is 4.99 Å². The lowest BCUT2D eigenvalue weighted by molar-refractivity contribution is -0.124. The van der Waals surface area contributed by atoms with Crippen LogP contribution in [0.1, 0.15) is 75.3 Å². The first kappa shape index (κ1) is 27.3.